The maximum atomic E-state index is 10.8. The summed E-state index contributed by atoms with van der Waals surface area (Å²) in [5, 5.41) is 12.9. The molecule has 98 valence electrons. The van der Waals surface area contributed by atoms with Crippen LogP contribution in [-0.2, 0) is 11.2 Å². The van der Waals surface area contributed by atoms with Crippen molar-refractivity contribution < 1.29 is 9.90 Å². The quantitative estimate of drug-likeness (QED) is 0.758. The summed E-state index contributed by atoms with van der Waals surface area (Å²) in [6, 6.07) is 5.16. The van der Waals surface area contributed by atoms with E-state index in [9.17, 15) is 4.79 Å². The summed E-state index contributed by atoms with van der Waals surface area (Å²) < 4.78 is 0. The molecular weight excluding hydrogens is 273 g/mol. The third-order valence-corrected chi connectivity index (χ3v) is 3.18. The van der Waals surface area contributed by atoms with Gasteiger partial charge >= 0.3 is 5.97 Å². The first-order chi connectivity index (χ1) is 8.52. The maximum absolute atomic E-state index is 10.8. The second-order valence-corrected chi connectivity index (χ2v) is 4.76. The van der Waals surface area contributed by atoms with Crippen LogP contribution in [0.1, 0.15) is 12.0 Å². The van der Waals surface area contributed by atoms with Crippen molar-refractivity contribution in [3.63, 3.8) is 0 Å². The summed E-state index contributed by atoms with van der Waals surface area (Å²) in [7, 11) is 0. The zero-order chi connectivity index (χ0) is 13.5. The highest BCUT2D eigenvalue weighted by Gasteiger charge is 2.13. The van der Waals surface area contributed by atoms with E-state index < -0.39 is 5.97 Å². The molecule has 0 aliphatic carbocycles. The SMILES string of the molecule is C=CCNC(CC(=O)O)Cc1ccc(Cl)c(Cl)c1. The van der Waals surface area contributed by atoms with Gasteiger partial charge in [0, 0.05) is 12.6 Å². The van der Waals surface area contributed by atoms with E-state index in [0.717, 1.165) is 5.56 Å². The van der Waals surface area contributed by atoms with Gasteiger partial charge in [-0.1, -0.05) is 35.3 Å². The fourth-order valence-electron chi connectivity index (χ4n) is 1.63. The highest BCUT2D eigenvalue weighted by atomic mass is 35.5. The van der Waals surface area contributed by atoms with E-state index in [4.69, 9.17) is 28.3 Å². The molecule has 1 aromatic carbocycles. The van der Waals surface area contributed by atoms with Gasteiger partial charge in [0.25, 0.3) is 0 Å². The van der Waals surface area contributed by atoms with E-state index in [1.54, 1.807) is 18.2 Å². The summed E-state index contributed by atoms with van der Waals surface area (Å²) in [6.07, 6.45) is 2.33. The van der Waals surface area contributed by atoms with Gasteiger partial charge in [0.1, 0.15) is 0 Å². The highest BCUT2D eigenvalue weighted by molar-refractivity contribution is 6.42. The molecular formula is C13H15Cl2NO2. The van der Waals surface area contributed by atoms with Gasteiger partial charge in [-0.15, -0.1) is 6.58 Å². The molecule has 0 spiro atoms. The first kappa shape index (κ1) is 15.0. The molecule has 0 aromatic heterocycles. The fourth-order valence-corrected chi connectivity index (χ4v) is 1.95. The van der Waals surface area contributed by atoms with Crippen LogP contribution in [0.4, 0.5) is 0 Å². The molecule has 0 amide bonds. The van der Waals surface area contributed by atoms with Crippen LogP contribution >= 0.6 is 23.2 Å². The average Bonchev–Trinajstić information content (AvgIpc) is 2.30. The zero-order valence-corrected chi connectivity index (χ0v) is 11.3. The van der Waals surface area contributed by atoms with E-state index in [1.165, 1.54) is 0 Å². The van der Waals surface area contributed by atoms with Crippen molar-refractivity contribution in [2.24, 2.45) is 0 Å². The molecule has 3 nitrogen and oxygen atoms in total. The Hall–Kier alpha value is -1.03. The normalized spacial score (nSPS) is 12.1. The number of carboxylic acids is 1. The average molecular weight is 288 g/mol. The topological polar surface area (TPSA) is 49.3 Å². The number of carboxylic acid groups (broad SMARTS) is 1. The Morgan fingerprint density at radius 2 is 2.17 bits per heavy atom. The van der Waals surface area contributed by atoms with Gasteiger partial charge in [0.2, 0.25) is 0 Å². The molecule has 0 aliphatic heterocycles. The number of nitrogens with one attached hydrogen (secondary N) is 1. The Bertz CT molecular complexity index is 435. The summed E-state index contributed by atoms with van der Waals surface area (Å²) in [4.78, 5) is 10.8. The second-order valence-electron chi connectivity index (χ2n) is 3.94. The van der Waals surface area contributed by atoms with Gasteiger partial charge in [-0.3, -0.25) is 4.79 Å². The van der Waals surface area contributed by atoms with Gasteiger partial charge in [-0.2, -0.15) is 0 Å². The van der Waals surface area contributed by atoms with Gasteiger partial charge < -0.3 is 10.4 Å². The Morgan fingerprint density at radius 1 is 1.44 bits per heavy atom. The lowest BCUT2D eigenvalue weighted by Gasteiger charge is -2.16. The number of carbonyl (C=O) groups is 1. The maximum Gasteiger partial charge on any atom is 0.304 e. The largest absolute Gasteiger partial charge is 0.481 e. The van der Waals surface area contributed by atoms with E-state index in [2.05, 4.69) is 11.9 Å². The molecule has 0 radical (unpaired) electrons. The van der Waals surface area contributed by atoms with Crippen molar-refractivity contribution in [3.05, 3.63) is 46.5 Å². The monoisotopic (exact) mass is 287 g/mol. The second kappa shape index (κ2) is 7.41. The Morgan fingerprint density at radius 3 is 2.72 bits per heavy atom. The molecule has 1 aromatic rings. The van der Waals surface area contributed by atoms with Crippen molar-refractivity contribution in [1.82, 2.24) is 5.32 Å². The van der Waals surface area contributed by atoms with E-state index >= 15 is 0 Å². The van der Waals surface area contributed by atoms with Crippen molar-refractivity contribution in [1.29, 1.82) is 0 Å². The predicted molar refractivity (Wildman–Crippen MR) is 74.4 cm³/mol. The molecule has 0 fully saturated rings. The molecule has 0 bridgehead atoms. The van der Waals surface area contributed by atoms with E-state index in [1.807, 2.05) is 6.07 Å². The molecule has 1 rings (SSSR count). The minimum atomic E-state index is -0.836. The summed E-state index contributed by atoms with van der Waals surface area (Å²) in [5.74, 6) is -0.836. The summed E-state index contributed by atoms with van der Waals surface area (Å²) in [6.45, 7) is 4.16. The molecule has 0 heterocycles. The van der Waals surface area contributed by atoms with Gasteiger partial charge in [-0.05, 0) is 24.1 Å². The lowest BCUT2D eigenvalue weighted by atomic mass is 10.0. The van der Waals surface area contributed by atoms with Crippen molar-refractivity contribution in [2.45, 2.75) is 18.9 Å². The fraction of sp³-hybridized carbons (Fsp3) is 0.308. The number of benzene rings is 1. The lowest BCUT2D eigenvalue weighted by Crippen LogP contribution is -2.33. The number of aliphatic carboxylic acids is 1. The van der Waals surface area contributed by atoms with Crippen LogP contribution in [0.15, 0.2) is 30.9 Å². The molecule has 5 heteroatoms. The van der Waals surface area contributed by atoms with E-state index in [-0.39, 0.29) is 12.5 Å². The van der Waals surface area contributed by atoms with Gasteiger partial charge in [0.15, 0.2) is 0 Å². The molecule has 1 unspecified atom stereocenters. The molecule has 0 saturated heterocycles. The Balaban J connectivity index is 2.71. The first-order valence-electron chi connectivity index (χ1n) is 5.53. The van der Waals surface area contributed by atoms with Crippen molar-refractivity contribution >= 4 is 29.2 Å². The molecule has 2 N–H and O–H groups in total. The molecule has 0 aliphatic rings. The van der Waals surface area contributed by atoms with Gasteiger partial charge in [-0.25, -0.2) is 0 Å². The third kappa shape index (κ3) is 5.08. The number of rotatable bonds is 7. The molecule has 1 atom stereocenters. The van der Waals surface area contributed by atoms with Crippen LogP contribution in [0, 0.1) is 0 Å². The minimum absolute atomic E-state index is 0.0497. The standard InChI is InChI=1S/C13H15Cl2NO2/c1-2-5-16-10(8-13(17)18)6-9-3-4-11(14)12(15)7-9/h2-4,7,10,16H,1,5-6,8H2,(H,17,18). The highest BCUT2D eigenvalue weighted by Crippen LogP contribution is 2.23. The van der Waals surface area contributed by atoms with Crippen molar-refractivity contribution in [3.8, 4) is 0 Å². The van der Waals surface area contributed by atoms with Crippen LogP contribution in [-0.4, -0.2) is 23.7 Å². The molecule has 0 saturated carbocycles. The van der Waals surface area contributed by atoms with Crippen LogP contribution in [0.5, 0.6) is 0 Å². The minimum Gasteiger partial charge on any atom is -0.481 e. The predicted octanol–water partition coefficient (Wildman–Crippen LogP) is 3.15. The number of hydrogen-bond donors (Lipinski definition) is 2. The van der Waals surface area contributed by atoms with Crippen LogP contribution < -0.4 is 5.32 Å². The Kier molecular flexibility index (Phi) is 6.19. The summed E-state index contributed by atoms with van der Waals surface area (Å²) in [5.41, 5.74) is 0.951. The van der Waals surface area contributed by atoms with Crippen LogP contribution in [0.25, 0.3) is 0 Å². The van der Waals surface area contributed by atoms with Gasteiger partial charge in [0.05, 0.1) is 16.5 Å². The van der Waals surface area contributed by atoms with Crippen LogP contribution in [0.2, 0.25) is 10.0 Å². The van der Waals surface area contributed by atoms with Crippen LogP contribution in [0.3, 0.4) is 0 Å². The Labute approximate surface area is 116 Å². The number of halogens is 2. The molecule has 18 heavy (non-hydrogen) atoms. The number of hydrogen-bond acceptors (Lipinski definition) is 2. The first-order valence-corrected chi connectivity index (χ1v) is 6.28. The van der Waals surface area contributed by atoms with E-state index in [0.29, 0.717) is 23.0 Å². The zero-order valence-electron chi connectivity index (χ0n) is 9.83. The smallest absolute Gasteiger partial charge is 0.304 e. The lowest BCUT2D eigenvalue weighted by molar-refractivity contribution is -0.137. The third-order valence-electron chi connectivity index (χ3n) is 2.44. The summed E-state index contributed by atoms with van der Waals surface area (Å²) >= 11 is 11.8. The van der Waals surface area contributed by atoms with Crippen molar-refractivity contribution in [2.75, 3.05) is 6.54 Å².